The summed E-state index contributed by atoms with van der Waals surface area (Å²) in [5.41, 5.74) is 2.07. The van der Waals surface area contributed by atoms with Crippen molar-refractivity contribution >= 4 is 45.6 Å². The van der Waals surface area contributed by atoms with Crippen LogP contribution >= 0.6 is 11.6 Å². The summed E-state index contributed by atoms with van der Waals surface area (Å²) >= 11 is 6.44. The van der Waals surface area contributed by atoms with Crippen LogP contribution in [0.25, 0.3) is 27.8 Å². The van der Waals surface area contributed by atoms with Crippen LogP contribution in [0.1, 0.15) is 20.3 Å². The fourth-order valence-electron chi connectivity index (χ4n) is 3.72. The molecule has 1 fully saturated rings. The zero-order chi connectivity index (χ0) is 22.6. The van der Waals surface area contributed by atoms with Gasteiger partial charge >= 0.3 is 0 Å². The molecule has 32 heavy (non-hydrogen) atoms. The molecule has 0 aliphatic heterocycles. The van der Waals surface area contributed by atoms with Crippen molar-refractivity contribution in [3.63, 3.8) is 0 Å². The fraction of sp³-hybridized carbons (Fsp3) is 0.286. The van der Waals surface area contributed by atoms with Crippen LogP contribution in [0, 0.1) is 29.0 Å². The Labute approximate surface area is 186 Å². The largest absolute Gasteiger partial charge is 0.379 e. The van der Waals surface area contributed by atoms with Gasteiger partial charge < -0.3 is 15.0 Å². The number of rotatable bonds is 5. The van der Waals surface area contributed by atoms with Crippen LogP contribution in [0.2, 0.25) is 5.02 Å². The Morgan fingerprint density at radius 3 is 2.94 bits per heavy atom. The second kappa shape index (κ2) is 7.46. The first-order chi connectivity index (χ1) is 15.4. The van der Waals surface area contributed by atoms with E-state index >= 15 is 4.39 Å². The molecule has 1 aliphatic rings. The number of nitrogens with zero attached hydrogens (tertiary/aromatic N) is 5. The minimum Gasteiger partial charge on any atom is -0.379 e. The van der Waals surface area contributed by atoms with Crippen LogP contribution in [0.4, 0.5) is 15.9 Å². The lowest BCUT2D eigenvalue weighted by atomic mass is 10.1. The van der Waals surface area contributed by atoms with E-state index in [0.29, 0.717) is 40.0 Å². The van der Waals surface area contributed by atoms with Gasteiger partial charge in [-0.15, -0.1) is 0 Å². The number of H-pyrrole nitrogens is 1. The van der Waals surface area contributed by atoms with Crippen LogP contribution in [0.15, 0.2) is 24.8 Å². The Kier molecular flexibility index (Phi) is 4.71. The molecule has 11 heteroatoms. The quantitative estimate of drug-likeness (QED) is 0.420. The second-order valence-corrected chi connectivity index (χ2v) is 8.44. The number of halogens is 2. The number of amides is 1. The monoisotopic (exact) mass is 452 g/mol. The maximum absolute atomic E-state index is 15.2. The minimum atomic E-state index is -0.593. The first kappa shape index (κ1) is 20.2. The van der Waals surface area contributed by atoms with Gasteiger partial charge in [0.15, 0.2) is 17.3 Å². The molecule has 4 aromatic rings. The third-order valence-electron chi connectivity index (χ3n) is 5.37. The van der Waals surface area contributed by atoms with Crippen molar-refractivity contribution in [3.8, 4) is 17.3 Å². The molecular formula is C21H18ClFN8O. The molecule has 0 spiro atoms. The van der Waals surface area contributed by atoms with E-state index in [4.69, 9.17) is 16.9 Å². The van der Waals surface area contributed by atoms with Crippen molar-refractivity contribution in [2.45, 2.75) is 26.3 Å². The van der Waals surface area contributed by atoms with Gasteiger partial charge in [0.25, 0.3) is 0 Å². The number of nitrogens with one attached hydrogen (secondary N) is 3. The Morgan fingerprint density at radius 2 is 2.22 bits per heavy atom. The number of nitriles is 1. The van der Waals surface area contributed by atoms with Gasteiger partial charge in [-0.2, -0.15) is 10.4 Å². The molecule has 0 radical (unpaired) electrons. The number of carbonyl (C=O) groups is 1. The molecule has 1 aromatic carbocycles. The number of aromatic nitrogens is 5. The molecule has 162 valence electrons. The van der Waals surface area contributed by atoms with Gasteiger partial charge in [0, 0.05) is 23.2 Å². The van der Waals surface area contributed by atoms with Gasteiger partial charge in [-0.25, -0.2) is 9.37 Å². The lowest BCUT2D eigenvalue weighted by molar-refractivity contribution is -0.117. The predicted molar refractivity (Wildman–Crippen MR) is 118 cm³/mol. The molecule has 1 aliphatic carbocycles. The molecule has 3 aromatic heterocycles. The number of carbonyl (C=O) groups excluding carboxylic acids is 1. The lowest BCUT2D eigenvalue weighted by Gasteiger charge is -2.15. The normalized spacial score (nSPS) is 17.6. The molecule has 3 heterocycles. The Balaban J connectivity index is 1.54. The van der Waals surface area contributed by atoms with Crippen molar-refractivity contribution < 1.29 is 9.18 Å². The van der Waals surface area contributed by atoms with Crippen molar-refractivity contribution in [3.05, 3.63) is 35.6 Å². The third-order valence-corrected chi connectivity index (χ3v) is 5.72. The highest BCUT2D eigenvalue weighted by atomic mass is 35.5. The van der Waals surface area contributed by atoms with E-state index < -0.39 is 5.82 Å². The molecule has 2 atom stereocenters. The highest BCUT2D eigenvalue weighted by molar-refractivity contribution is 6.35. The molecule has 1 amide bonds. The SMILES string of the molecule is CC(C)Nc1c(F)c(Cl)c(-c2cn3cc(NC(=O)C4C[C@@H]4C#N)nc3cn2)c2cn[nH]c12. The Hall–Kier alpha value is -3.71. The van der Waals surface area contributed by atoms with E-state index in [1.165, 1.54) is 6.20 Å². The van der Waals surface area contributed by atoms with Crippen molar-refractivity contribution in [2.24, 2.45) is 11.8 Å². The maximum atomic E-state index is 15.2. The van der Waals surface area contributed by atoms with E-state index in [1.807, 2.05) is 13.8 Å². The standard InChI is InChI=1S/C21H18ClFN8O/c1-9(2)27-20-18(23)17(22)16(12-5-26-30-19(12)20)13-7-31-8-14(28-15(31)6-25-13)29-21(32)11-3-10(11)4-24/h5-11,27H,3H2,1-2H3,(H,26,30)(H,29,32)/t10-,11?/m1/s1. The topological polar surface area (TPSA) is 124 Å². The molecule has 9 nitrogen and oxygen atoms in total. The average Bonchev–Trinajstić information content (AvgIpc) is 3.22. The minimum absolute atomic E-state index is 0.00829. The van der Waals surface area contributed by atoms with Crippen molar-refractivity contribution in [1.82, 2.24) is 24.6 Å². The van der Waals surface area contributed by atoms with Gasteiger partial charge in [-0.05, 0) is 20.3 Å². The lowest BCUT2D eigenvalue weighted by Crippen LogP contribution is -2.14. The maximum Gasteiger partial charge on any atom is 0.230 e. The highest BCUT2D eigenvalue weighted by Gasteiger charge is 2.43. The Bertz CT molecular complexity index is 1420. The predicted octanol–water partition coefficient (Wildman–Crippen LogP) is 3.98. The summed E-state index contributed by atoms with van der Waals surface area (Å²) in [6.45, 7) is 3.80. The molecule has 5 rings (SSSR count). The van der Waals surface area contributed by atoms with Crippen molar-refractivity contribution in [1.29, 1.82) is 5.26 Å². The van der Waals surface area contributed by atoms with E-state index in [0.717, 1.165) is 0 Å². The van der Waals surface area contributed by atoms with E-state index in [2.05, 4.69) is 36.9 Å². The summed E-state index contributed by atoms with van der Waals surface area (Å²) in [5, 5.41) is 22.1. The van der Waals surface area contributed by atoms with E-state index in [9.17, 15) is 4.79 Å². The fourth-order valence-corrected chi connectivity index (χ4v) is 4.02. The number of hydrogen-bond acceptors (Lipinski definition) is 6. The number of benzene rings is 1. The van der Waals surface area contributed by atoms with Crippen LogP contribution in [0.5, 0.6) is 0 Å². The molecule has 3 N–H and O–H groups in total. The van der Waals surface area contributed by atoms with E-state index in [1.54, 1.807) is 23.0 Å². The molecular weight excluding hydrogens is 435 g/mol. The van der Waals surface area contributed by atoms with Crippen LogP contribution < -0.4 is 10.6 Å². The van der Waals surface area contributed by atoms with Crippen LogP contribution in [-0.4, -0.2) is 36.5 Å². The summed E-state index contributed by atoms with van der Waals surface area (Å²) in [5.74, 6) is -1.01. The molecule has 0 saturated heterocycles. The van der Waals surface area contributed by atoms with Gasteiger partial charge in [-0.1, -0.05) is 11.6 Å². The first-order valence-electron chi connectivity index (χ1n) is 10.0. The van der Waals surface area contributed by atoms with E-state index in [-0.39, 0.29) is 34.5 Å². The molecule has 1 unspecified atom stereocenters. The zero-order valence-electron chi connectivity index (χ0n) is 17.1. The number of imidazole rings is 1. The average molecular weight is 453 g/mol. The second-order valence-electron chi connectivity index (χ2n) is 8.07. The van der Waals surface area contributed by atoms with Crippen LogP contribution in [0.3, 0.4) is 0 Å². The first-order valence-corrected chi connectivity index (χ1v) is 10.4. The number of aromatic amines is 1. The summed E-state index contributed by atoms with van der Waals surface area (Å²) < 4.78 is 16.8. The zero-order valence-corrected chi connectivity index (χ0v) is 17.9. The molecule has 0 bridgehead atoms. The molecule has 1 saturated carbocycles. The van der Waals surface area contributed by atoms with Gasteiger partial charge in [0.1, 0.15) is 0 Å². The summed E-state index contributed by atoms with van der Waals surface area (Å²) in [6, 6.07) is 2.08. The highest BCUT2D eigenvalue weighted by Crippen LogP contribution is 2.41. The van der Waals surface area contributed by atoms with Gasteiger partial charge in [-0.3, -0.25) is 14.9 Å². The summed E-state index contributed by atoms with van der Waals surface area (Å²) in [6.07, 6.45) is 6.95. The smallest absolute Gasteiger partial charge is 0.230 e. The Morgan fingerprint density at radius 1 is 1.41 bits per heavy atom. The number of hydrogen-bond donors (Lipinski definition) is 3. The van der Waals surface area contributed by atoms with Crippen molar-refractivity contribution in [2.75, 3.05) is 10.6 Å². The third kappa shape index (κ3) is 3.31. The van der Waals surface area contributed by atoms with Gasteiger partial charge in [0.2, 0.25) is 5.91 Å². The summed E-state index contributed by atoms with van der Waals surface area (Å²) in [7, 11) is 0. The number of anilines is 2. The van der Waals surface area contributed by atoms with Crippen LogP contribution in [-0.2, 0) is 4.79 Å². The summed E-state index contributed by atoms with van der Waals surface area (Å²) in [4.78, 5) is 21.0. The van der Waals surface area contributed by atoms with Gasteiger partial charge in [0.05, 0.1) is 58.4 Å². The number of fused-ring (bicyclic) bond motifs is 2.